The first kappa shape index (κ1) is 30.8. The smallest absolute Gasteiger partial charge is 0.261 e. The number of nitrogens with two attached hydrogens (primary N) is 1. The Kier molecular flexibility index (Phi) is 10.1. The third kappa shape index (κ3) is 7.18. The fourth-order valence-corrected chi connectivity index (χ4v) is 4.77. The molecule has 0 bridgehead atoms. The Morgan fingerprint density at radius 1 is 0.837 bits per heavy atom. The molecule has 11 heteroatoms. The van der Waals surface area contributed by atoms with E-state index in [9.17, 15) is 14.4 Å². The van der Waals surface area contributed by atoms with Crippen LogP contribution < -0.4 is 40.7 Å². The van der Waals surface area contributed by atoms with Crippen LogP contribution in [0.5, 0.6) is 23.0 Å². The molecular formula is C32H36N4O7. The van der Waals surface area contributed by atoms with E-state index in [1.165, 1.54) is 28.4 Å². The van der Waals surface area contributed by atoms with Gasteiger partial charge in [-0.25, -0.2) is 0 Å². The summed E-state index contributed by atoms with van der Waals surface area (Å²) in [5.41, 5.74) is 7.60. The number of unbranched alkanes of at least 4 members (excludes halogenated alkanes) is 2. The summed E-state index contributed by atoms with van der Waals surface area (Å²) >= 11 is 0. The number of nitrogens with one attached hydrogen (secondary N) is 2. The summed E-state index contributed by atoms with van der Waals surface area (Å²) in [6, 6.07) is 15.5. The maximum atomic E-state index is 13.5. The van der Waals surface area contributed by atoms with E-state index in [0.29, 0.717) is 70.3 Å². The number of hydrogen-bond donors (Lipinski definition) is 3. The van der Waals surface area contributed by atoms with Gasteiger partial charge in [0.05, 0.1) is 50.7 Å². The number of aryl methyl sites for hydroxylation is 1. The van der Waals surface area contributed by atoms with Crippen molar-refractivity contribution in [2.24, 2.45) is 0 Å². The van der Waals surface area contributed by atoms with Crippen LogP contribution in [0, 0.1) is 0 Å². The van der Waals surface area contributed by atoms with E-state index in [4.69, 9.17) is 24.7 Å². The summed E-state index contributed by atoms with van der Waals surface area (Å²) in [5, 5.41) is 5.98. The maximum absolute atomic E-state index is 13.5. The van der Waals surface area contributed by atoms with Gasteiger partial charge < -0.3 is 39.9 Å². The lowest BCUT2D eigenvalue weighted by atomic mass is 10.1. The molecule has 0 spiro atoms. The van der Waals surface area contributed by atoms with Gasteiger partial charge in [0.25, 0.3) is 5.91 Å². The van der Waals surface area contributed by atoms with Gasteiger partial charge in [0.1, 0.15) is 11.3 Å². The molecule has 0 unspecified atom stereocenters. The zero-order valence-corrected chi connectivity index (χ0v) is 24.7. The van der Waals surface area contributed by atoms with Crippen LogP contribution >= 0.6 is 0 Å². The number of nitrogens with zero attached hydrogens (tertiary/aromatic N) is 1. The Morgan fingerprint density at radius 3 is 2.21 bits per heavy atom. The highest BCUT2D eigenvalue weighted by molar-refractivity contribution is 6.06. The SMILES string of the molecule is COc1ccc2c(c1)c(=O)c(C(=O)Nc1cc(OC)c(OC)c(OC)c1)cn2CCCCCC(=O)Nc1ccccc1N. The molecule has 0 radical (unpaired) electrons. The average molecular weight is 589 g/mol. The Morgan fingerprint density at radius 2 is 1.56 bits per heavy atom. The van der Waals surface area contributed by atoms with Gasteiger partial charge >= 0.3 is 0 Å². The van der Waals surface area contributed by atoms with E-state index >= 15 is 0 Å². The molecular weight excluding hydrogens is 552 g/mol. The molecule has 0 saturated carbocycles. The number of nitrogen functional groups attached to an aromatic ring is 1. The molecule has 0 atom stereocenters. The third-order valence-corrected chi connectivity index (χ3v) is 6.99. The number of carbonyl (C=O) groups is 2. The second-order valence-electron chi connectivity index (χ2n) is 9.76. The highest BCUT2D eigenvalue weighted by atomic mass is 16.5. The fraction of sp³-hybridized carbons (Fsp3) is 0.281. The quantitative estimate of drug-likeness (QED) is 0.145. The first-order valence-electron chi connectivity index (χ1n) is 13.8. The zero-order chi connectivity index (χ0) is 30.9. The molecule has 0 aliphatic carbocycles. The molecule has 0 fully saturated rings. The predicted octanol–water partition coefficient (Wildman–Crippen LogP) is 5.07. The van der Waals surface area contributed by atoms with Crippen molar-refractivity contribution in [1.29, 1.82) is 0 Å². The minimum Gasteiger partial charge on any atom is -0.497 e. The number of para-hydroxylation sites is 2. The van der Waals surface area contributed by atoms with Gasteiger partial charge in [-0.1, -0.05) is 18.6 Å². The van der Waals surface area contributed by atoms with Crippen LogP contribution in [0.1, 0.15) is 36.0 Å². The minimum atomic E-state index is -0.588. The highest BCUT2D eigenvalue weighted by Gasteiger charge is 2.19. The maximum Gasteiger partial charge on any atom is 0.261 e. The number of aromatic nitrogens is 1. The topological polar surface area (TPSA) is 143 Å². The summed E-state index contributed by atoms with van der Waals surface area (Å²) in [4.78, 5) is 39.3. The molecule has 0 aliphatic rings. The van der Waals surface area contributed by atoms with Gasteiger partial charge in [-0.3, -0.25) is 14.4 Å². The highest BCUT2D eigenvalue weighted by Crippen LogP contribution is 2.40. The molecule has 4 aromatic rings. The van der Waals surface area contributed by atoms with E-state index < -0.39 is 11.3 Å². The Labute approximate surface area is 249 Å². The number of rotatable bonds is 13. The molecule has 4 N–H and O–H groups in total. The summed E-state index contributed by atoms with van der Waals surface area (Å²) in [7, 11) is 5.96. The number of methoxy groups -OCH3 is 4. The second kappa shape index (κ2) is 14.1. The number of amides is 2. The van der Waals surface area contributed by atoms with Crippen molar-refractivity contribution < 1.29 is 28.5 Å². The molecule has 2 amide bonds. The lowest BCUT2D eigenvalue weighted by Crippen LogP contribution is -2.24. The van der Waals surface area contributed by atoms with Crippen molar-refractivity contribution in [1.82, 2.24) is 4.57 Å². The molecule has 1 heterocycles. The van der Waals surface area contributed by atoms with E-state index in [0.717, 1.165) is 12.8 Å². The molecule has 226 valence electrons. The molecule has 0 aliphatic heterocycles. The minimum absolute atomic E-state index is 0.0330. The number of benzene rings is 3. The van der Waals surface area contributed by atoms with Crippen molar-refractivity contribution in [3.05, 3.63) is 76.6 Å². The van der Waals surface area contributed by atoms with E-state index in [2.05, 4.69) is 10.6 Å². The molecule has 4 rings (SSSR count). The molecule has 1 aromatic heterocycles. The number of pyridine rings is 1. The number of hydrogen-bond acceptors (Lipinski definition) is 8. The summed E-state index contributed by atoms with van der Waals surface area (Å²) in [5.74, 6) is 0.907. The van der Waals surface area contributed by atoms with Gasteiger partial charge in [0, 0.05) is 37.0 Å². The second-order valence-corrected chi connectivity index (χ2v) is 9.76. The summed E-state index contributed by atoms with van der Waals surface area (Å²) in [6.45, 7) is 0.529. The normalized spacial score (nSPS) is 10.7. The largest absolute Gasteiger partial charge is 0.497 e. The lowest BCUT2D eigenvalue weighted by Gasteiger charge is -2.16. The Hall–Kier alpha value is -5.19. The Balaban J connectivity index is 1.52. The average Bonchev–Trinajstić information content (AvgIpc) is 3.02. The first-order chi connectivity index (χ1) is 20.8. The van der Waals surface area contributed by atoms with Crippen LogP contribution in [0.4, 0.5) is 17.1 Å². The van der Waals surface area contributed by atoms with Gasteiger partial charge in [0.2, 0.25) is 17.1 Å². The van der Waals surface area contributed by atoms with Crippen molar-refractivity contribution in [3.8, 4) is 23.0 Å². The molecule has 0 saturated heterocycles. The van der Waals surface area contributed by atoms with Crippen molar-refractivity contribution in [2.45, 2.75) is 32.2 Å². The van der Waals surface area contributed by atoms with Crippen LogP contribution in [-0.2, 0) is 11.3 Å². The Bertz CT molecular complexity index is 1660. The molecule has 3 aromatic carbocycles. The van der Waals surface area contributed by atoms with Crippen molar-refractivity contribution in [3.63, 3.8) is 0 Å². The van der Waals surface area contributed by atoms with Gasteiger partial charge in [-0.05, 0) is 43.2 Å². The molecule has 11 nitrogen and oxygen atoms in total. The fourth-order valence-electron chi connectivity index (χ4n) is 4.77. The number of carbonyl (C=O) groups excluding carboxylic acids is 2. The number of ether oxygens (including phenoxy) is 4. The van der Waals surface area contributed by atoms with E-state index in [1.807, 2.05) is 16.7 Å². The standard InChI is InChI=1S/C32H36N4O7/c1-40-21-13-14-26-22(18-21)30(38)23(32(39)34-20-16-27(41-2)31(43-4)28(17-20)42-3)19-36(26)15-9-5-6-12-29(37)35-25-11-8-7-10-24(25)33/h7-8,10-11,13-14,16-19H,5-6,9,12,15,33H2,1-4H3,(H,34,39)(H,35,37). The summed E-state index contributed by atoms with van der Waals surface area (Å²) < 4.78 is 23.3. The monoisotopic (exact) mass is 588 g/mol. The van der Waals surface area contributed by atoms with Crippen molar-refractivity contribution in [2.75, 3.05) is 44.8 Å². The van der Waals surface area contributed by atoms with Crippen LogP contribution in [0.25, 0.3) is 10.9 Å². The lowest BCUT2D eigenvalue weighted by molar-refractivity contribution is -0.116. The van der Waals surface area contributed by atoms with Crippen LogP contribution in [0.3, 0.4) is 0 Å². The van der Waals surface area contributed by atoms with E-state index in [1.54, 1.807) is 48.7 Å². The predicted molar refractivity (Wildman–Crippen MR) is 167 cm³/mol. The van der Waals surface area contributed by atoms with Gasteiger partial charge in [0.15, 0.2) is 11.5 Å². The number of anilines is 3. The van der Waals surface area contributed by atoms with Gasteiger partial charge in [-0.15, -0.1) is 0 Å². The first-order valence-corrected chi connectivity index (χ1v) is 13.8. The third-order valence-electron chi connectivity index (χ3n) is 6.99. The van der Waals surface area contributed by atoms with E-state index in [-0.39, 0.29) is 11.5 Å². The van der Waals surface area contributed by atoms with Crippen LogP contribution in [0.15, 0.2) is 65.6 Å². The molecule has 43 heavy (non-hydrogen) atoms. The summed E-state index contributed by atoms with van der Waals surface area (Å²) in [6.07, 6.45) is 4.06. The number of fused-ring (bicyclic) bond motifs is 1. The van der Waals surface area contributed by atoms with Gasteiger partial charge in [-0.2, -0.15) is 0 Å². The van der Waals surface area contributed by atoms with Crippen LogP contribution in [-0.4, -0.2) is 44.8 Å². The van der Waals surface area contributed by atoms with Crippen molar-refractivity contribution >= 4 is 39.8 Å². The van der Waals surface area contributed by atoms with Crippen LogP contribution in [0.2, 0.25) is 0 Å². The zero-order valence-electron chi connectivity index (χ0n) is 24.7.